The second-order valence-electron chi connectivity index (χ2n) is 6.48. The molecule has 1 amide bonds. The number of aryl methyl sites for hydroxylation is 1. The van der Waals surface area contributed by atoms with Crippen molar-refractivity contribution in [1.29, 1.82) is 0 Å². The fourth-order valence-corrected chi connectivity index (χ4v) is 4.70. The number of thiophene rings is 1. The number of nitrogens with zero attached hydrogens (tertiary/aromatic N) is 2. The summed E-state index contributed by atoms with van der Waals surface area (Å²) in [5, 5.41) is 7.87. The molecule has 4 rings (SSSR count). The summed E-state index contributed by atoms with van der Waals surface area (Å²) in [6, 6.07) is 0. The van der Waals surface area contributed by atoms with Crippen molar-refractivity contribution in [3.63, 3.8) is 0 Å². The summed E-state index contributed by atoms with van der Waals surface area (Å²) in [4.78, 5) is 18.2. The van der Waals surface area contributed by atoms with Gasteiger partial charge in [-0.05, 0) is 31.7 Å². The Hall–Kier alpha value is -1.73. The summed E-state index contributed by atoms with van der Waals surface area (Å²) < 4.78 is 11.0. The van der Waals surface area contributed by atoms with Gasteiger partial charge in [0.15, 0.2) is 5.82 Å². The fraction of sp³-hybridized carbons (Fsp3) is 0.588. The first-order valence-corrected chi connectivity index (χ1v) is 9.38. The SMILES string of the molecule is Cc1noc(-c2c(NC(=O)C3CCCCC3)sc3c2CCOC3)n1. The second kappa shape index (κ2) is 6.64. The summed E-state index contributed by atoms with van der Waals surface area (Å²) in [6.07, 6.45) is 6.29. The molecule has 3 heterocycles. The molecular formula is C17H21N3O3S. The number of ether oxygens (including phenoxy) is 1. The minimum Gasteiger partial charge on any atom is -0.376 e. The van der Waals surface area contributed by atoms with Gasteiger partial charge in [0.25, 0.3) is 5.89 Å². The second-order valence-corrected chi connectivity index (χ2v) is 7.59. The Kier molecular flexibility index (Phi) is 4.37. The zero-order valence-corrected chi connectivity index (χ0v) is 14.6. The molecule has 0 spiro atoms. The quantitative estimate of drug-likeness (QED) is 0.916. The lowest BCUT2D eigenvalue weighted by atomic mass is 9.88. The zero-order valence-electron chi connectivity index (χ0n) is 13.8. The van der Waals surface area contributed by atoms with Crippen LogP contribution in [-0.2, 0) is 22.6 Å². The van der Waals surface area contributed by atoms with E-state index in [0.29, 0.717) is 24.9 Å². The van der Waals surface area contributed by atoms with E-state index in [1.165, 1.54) is 12.0 Å². The Morgan fingerprint density at radius 2 is 2.12 bits per heavy atom. The van der Waals surface area contributed by atoms with Crippen LogP contribution in [0.1, 0.15) is 48.4 Å². The van der Waals surface area contributed by atoms with Gasteiger partial charge in [0.2, 0.25) is 5.91 Å². The van der Waals surface area contributed by atoms with Crippen LogP contribution in [0.3, 0.4) is 0 Å². The standard InChI is InChI=1S/C17H21N3O3S/c1-10-18-16(23-20-10)14-12-7-8-22-9-13(12)24-17(14)19-15(21)11-5-3-2-4-6-11/h11H,2-9H2,1H3,(H,19,21). The molecule has 24 heavy (non-hydrogen) atoms. The van der Waals surface area contributed by atoms with E-state index >= 15 is 0 Å². The molecule has 0 radical (unpaired) electrons. The van der Waals surface area contributed by atoms with Crippen molar-refractivity contribution in [3.8, 4) is 11.5 Å². The molecule has 7 heteroatoms. The first-order valence-electron chi connectivity index (χ1n) is 8.56. The number of rotatable bonds is 3. The highest BCUT2D eigenvalue weighted by atomic mass is 32.1. The topological polar surface area (TPSA) is 77.2 Å². The monoisotopic (exact) mass is 347 g/mol. The van der Waals surface area contributed by atoms with Crippen molar-refractivity contribution < 1.29 is 14.1 Å². The van der Waals surface area contributed by atoms with E-state index in [2.05, 4.69) is 15.5 Å². The molecule has 0 aromatic carbocycles. The third-order valence-corrected chi connectivity index (χ3v) is 5.90. The minimum atomic E-state index is 0.117. The van der Waals surface area contributed by atoms with Gasteiger partial charge in [0.05, 0.1) is 18.8 Å². The average Bonchev–Trinajstić information content (AvgIpc) is 3.18. The van der Waals surface area contributed by atoms with Gasteiger partial charge in [-0.1, -0.05) is 24.4 Å². The number of aromatic nitrogens is 2. The van der Waals surface area contributed by atoms with Gasteiger partial charge in [-0.2, -0.15) is 4.98 Å². The number of hydrogen-bond acceptors (Lipinski definition) is 6. The third kappa shape index (κ3) is 2.98. The minimum absolute atomic E-state index is 0.117. The third-order valence-electron chi connectivity index (χ3n) is 4.77. The van der Waals surface area contributed by atoms with Gasteiger partial charge in [0, 0.05) is 10.8 Å². The molecular weight excluding hydrogens is 326 g/mol. The molecule has 1 aliphatic carbocycles. The smallest absolute Gasteiger partial charge is 0.261 e. The zero-order chi connectivity index (χ0) is 16.5. The molecule has 128 valence electrons. The van der Waals surface area contributed by atoms with Gasteiger partial charge in [-0.25, -0.2) is 0 Å². The Labute approximate surface area is 144 Å². The molecule has 2 aromatic rings. The molecule has 0 bridgehead atoms. The number of carbonyl (C=O) groups is 1. The number of anilines is 1. The largest absolute Gasteiger partial charge is 0.376 e. The number of fused-ring (bicyclic) bond motifs is 1. The molecule has 0 saturated heterocycles. The molecule has 2 aliphatic rings. The van der Waals surface area contributed by atoms with Crippen LogP contribution in [0, 0.1) is 12.8 Å². The van der Waals surface area contributed by atoms with Crippen LogP contribution in [0.2, 0.25) is 0 Å². The Bertz CT molecular complexity index is 746. The lowest BCUT2D eigenvalue weighted by Crippen LogP contribution is -2.24. The highest BCUT2D eigenvalue weighted by Crippen LogP contribution is 2.43. The van der Waals surface area contributed by atoms with Gasteiger partial charge >= 0.3 is 0 Å². The molecule has 1 saturated carbocycles. The van der Waals surface area contributed by atoms with Crippen molar-refractivity contribution in [2.45, 2.75) is 52.1 Å². The summed E-state index contributed by atoms with van der Waals surface area (Å²) in [6.45, 7) is 3.06. The first kappa shape index (κ1) is 15.8. The normalized spacial score (nSPS) is 18.4. The summed E-state index contributed by atoms with van der Waals surface area (Å²) in [7, 11) is 0. The van der Waals surface area contributed by atoms with E-state index < -0.39 is 0 Å². The van der Waals surface area contributed by atoms with Gasteiger partial charge in [-0.15, -0.1) is 11.3 Å². The summed E-state index contributed by atoms with van der Waals surface area (Å²) >= 11 is 1.57. The van der Waals surface area contributed by atoms with E-state index in [1.807, 2.05) is 0 Å². The number of amides is 1. The average molecular weight is 347 g/mol. The molecule has 0 unspecified atom stereocenters. The van der Waals surface area contributed by atoms with Crippen LogP contribution in [0.5, 0.6) is 0 Å². The van der Waals surface area contributed by atoms with Crippen molar-refractivity contribution >= 4 is 22.2 Å². The van der Waals surface area contributed by atoms with Crippen molar-refractivity contribution in [1.82, 2.24) is 10.1 Å². The van der Waals surface area contributed by atoms with E-state index in [-0.39, 0.29) is 11.8 Å². The molecule has 1 fully saturated rings. The fourth-order valence-electron chi connectivity index (χ4n) is 3.52. The predicted molar refractivity (Wildman–Crippen MR) is 90.9 cm³/mol. The van der Waals surface area contributed by atoms with E-state index in [9.17, 15) is 4.79 Å². The van der Waals surface area contributed by atoms with E-state index in [1.54, 1.807) is 18.3 Å². The number of carbonyl (C=O) groups excluding carboxylic acids is 1. The predicted octanol–water partition coefficient (Wildman–Crippen LogP) is 3.70. The molecule has 1 aliphatic heterocycles. The van der Waals surface area contributed by atoms with Crippen LogP contribution in [0.15, 0.2) is 4.52 Å². The van der Waals surface area contributed by atoms with E-state index in [0.717, 1.165) is 47.5 Å². The highest BCUT2D eigenvalue weighted by molar-refractivity contribution is 7.17. The van der Waals surface area contributed by atoms with Crippen LogP contribution < -0.4 is 5.32 Å². The van der Waals surface area contributed by atoms with Crippen molar-refractivity contribution in [2.24, 2.45) is 5.92 Å². The first-order chi connectivity index (χ1) is 11.7. The molecule has 0 atom stereocenters. The van der Waals surface area contributed by atoms with Crippen LogP contribution >= 0.6 is 11.3 Å². The maximum atomic E-state index is 12.7. The van der Waals surface area contributed by atoms with Gasteiger partial charge < -0.3 is 14.6 Å². The Morgan fingerprint density at radius 3 is 2.88 bits per heavy atom. The molecule has 1 N–H and O–H groups in total. The van der Waals surface area contributed by atoms with Gasteiger partial charge in [0.1, 0.15) is 5.00 Å². The Balaban J connectivity index is 1.66. The number of nitrogens with one attached hydrogen (secondary N) is 1. The summed E-state index contributed by atoms with van der Waals surface area (Å²) in [5.41, 5.74) is 2.07. The lowest BCUT2D eigenvalue weighted by molar-refractivity contribution is -0.120. The maximum Gasteiger partial charge on any atom is 0.261 e. The van der Waals surface area contributed by atoms with Gasteiger partial charge in [-0.3, -0.25) is 4.79 Å². The summed E-state index contributed by atoms with van der Waals surface area (Å²) in [5.74, 6) is 1.32. The lowest BCUT2D eigenvalue weighted by Gasteiger charge is -2.20. The van der Waals surface area contributed by atoms with Crippen molar-refractivity contribution in [2.75, 3.05) is 11.9 Å². The highest BCUT2D eigenvalue weighted by Gasteiger charge is 2.28. The molecule has 6 nitrogen and oxygen atoms in total. The van der Waals surface area contributed by atoms with Crippen molar-refractivity contribution in [3.05, 3.63) is 16.3 Å². The number of hydrogen-bond donors (Lipinski definition) is 1. The van der Waals surface area contributed by atoms with Crippen LogP contribution in [0.4, 0.5) is 5.00 Å². The van der Waals surface area contributed by atoms with E-state index in [4.69, 9.17) is 9.26 Å². The van der Waals surface area contributed by atoms with Crippen LogP contribution in [0.25, 0.3) is 11.5 Å². The maximum absolute atomic E-state index is 12.7. The Morgan fingerprint density at radius 1 is 1.29 bits per heavy atom. The van der Waals surface area contributed by atoms with Crippen LogP contribution in [-0.4, -0.2) is 22.7 Å². The molecule has 2 aromatic heterocycles.